The van der Waals surface area contributed by atoms with Crippen molar-refractivity contribution in [1.29, 1.82) is 0 Å². The zero-order chi connectivity index (χ0) is 16.2. The molecule has 3 rings (SSSR count). The summed E-state index contributed by atoms with van der Waals surface area (Å²) < 4.78 is 10.7. The van der Waals surface area contributed by atoms with Crippen LogP contribution >= 0.6 is 0 Å². The number of nitrogens with one attached hydrogen (secondary N) is 1. The zero-order valence-electron chi connectivity index (χ0n) is 13.0. The third-order valence-electron chi connectivity index (χ3n) is 3.53. The number of methoxy groups -OCH3 is 2. The molecule has 3 aromatic rings. The van der Waals surface area contributed by atoms with Gasteiger partial charge in [-0.3, -0.25) is 0 Å². The lowest BCUT2D eigenvalue weighted by atomic mass is 10.2. The number of rotatable bonds is 5. The van der Waals surface area contributed by atoms with Gasteiger partial charge in [0.1, 0.15) is 12.1 Å². The molecule has 0 saturated carbocycles. The first-order valence-electron chi connectivity index (χ1n) is 7.11. The van der Waals surface area contributed by atoms with E-state index in [0.717, 1.165) is 22.2 Å². The van der Waals surface area contributed by atoms with Crippen LogP contribution in [-0.2, 0) is 0 Å². The van der Waals surface area contributed by atoms with Crippen molar-refractivity contribution >= 4 is 28.5 Å². The van der Waals surface area contributed by atoms with E-state index in [1.165, 1.54) is 6.33 Å². The Bertz CT molecular complexity index is 862. The summed E-state index contributed by atoms with van der Waals surface area (Å²) in [5.41, 5.74) is 2.74. The molecule has 2 aromatic carbocycles. The molecule has 0 aliphatic rings. The maximum absolute atomic E-state index is 5.36. The van der Waals surface area contributed by atoms with E-state index in [1.807, 2.05) is 36.4 Å². The second-order valence-corrected chi connectivity index (χ2v) is 4.90. The molecule has 5 nitrogen and oxygen atoms in total. The Hall–Kier alpha value is -3.08. The fraction of sp³-hybridized carbons (Fsp3) is 0.111. The Morgan fingerprint density at radius 2 is 1.83 bits per heavy atom. The van der Waals surface area contributed by atoms with E-state index in [0.29, 0.717) is 17.3 Å². The van der Waals surface area contributed by atoms with E-state index in [-0.39, 0.29) is 0 Å². The molecule has 0 fully saturated rings. The molecule has 1 N–H and O–H groups in total. The minimum absolute atomic E-state index is 0.637. The van der Waals surface area contributed by atoms with Crippen molar-refractivity contribution in [2.75, 3.05) is 19.5 Å². The number of benzene rings is 2. The predicted molar refractivity (Wildman–Crippen MR) is 92.5 cm³/mol. The van der Waals surface area contributed by atoms with Gasteiger partial charge in [-0.2, -0.15) is 0 Å². The van der Waals surface area contributed by atoms with Gasteiger partial charge in [0.25, 0.3) is 0 Å². The summed E-state index contributed by atoms with van der Waals surface area (Å²) in [5, 5.41) is 4.17. The summed E-state index contributed by atoms with van der Waals surface area (Å²) in [7, 11) is 3.21. The van der Waals surface area contributed by atoms with Crippen LogP contribution in [0.5, 0.6) is 11.5 Å². The highest BCUT2D eigenvalue weighted by molar-refractivity contribution is 5.93. The van der Waals surface area contributed by atoms with Gasteiger partial charge in [0.05, 0.1) is 19.7 Å². The van der Waals surface area contributed by atoms with Crippen molar-refractivity contribution in [3.63, 3.8) is 0 Å². The molecule has 0 amide bonds. The first-order chi connectivity index (χ1) is 11.2. The largest absolute Gasteiger partial charge is 0.493 e. The summed E-state index contributed by atoms with van der Waals surface area (Å²) in [6.07, 6.45) is 3.32. The molecule has 0 aliphatic heterocycles. The normalized spacial score (nSPS) is 10.3. The highest BCUT2D eigenvalue weighted by atomic mass is 16.5. The minimum Gasteiger partial charge on any atom is -0.493 e. The molecule has 0 bridgehead atoms. The lowest BCUT2D eigenvalue weighted by Crippen LogP contribution is -1.98. The van der Waals surface area contributed by atoms with Crippen molar-refractivity contribution in [3.05, 3.63) is 54.9 Å². The van der Waals surface area contributed by atoms with Crippen LogP contribution in [0, 0.1) is 0 Å². The number of fused-ring (bicyclic) bond motifs is 1. The summed E-state index contributed by atoms with van der Waals surface area (Å²) in [5.74, 6) is 1.98. The van der Waals surface area contributed by atoms with Crippen molar-refractivity contribution in [2.24, 2.45) is 0 Å². The number of nitrogens with zero attached hydrogens (tertiary/aromatic N) is 2. The Morgan fingerprint density at radius 3 is 2.57 bits per heavy atom. The van der Waals surface area contributed by atoms with Gasteiger partial charge in [0.15, 0.2) is 11.5 Å². The van der Waals surface area contributed by atoms with Gasteiger partial charge in [0.2, 0.25) is 0 Å². The second kappa shape index (κ2) is 6.36. The highest BCUT2D eigenvalue weighted by Gasteiger charge is 2.11. The van der Waals surface area contributed by atoms with Gasteiger partial charge >= 0.3 is 0 Å². The number of aromatic nitrogens is 2. The van der Waals surface area contributed by atoms with E-state index in [1.54, 1.807) is 20.3 Å². The highest BCUT2D eigenvalue weighted by Crippen LogP contribution is 2.34. The Kier molecular flexibility index (Phi) is 4.10. The average molecular weight is 307 g/mol. The number of hydrogen-bond donors (Lipinski definition) is 1. The van der Waals surface area contributed by atoms with Crippen LogP contribution in [-0.4, -0.2) is 24.2 Å². The Morgan fingerprint density at radius 1 is 1.04 bits per heavy atom. The van der Waals surface area contributed by atoms with Crippen LogP contribution in [0.25, 0.3) is 17.0 Å². The fourth-order valence-corrected chi connectivity index (χ4v) is 2.36. The quantitative estimate of drug-likeness (QED) is 0.771. The maximum atomic E-state index is 5.36. The molecule has 23 heavy (non-hydrogen) atoms. The van der Waals surface area contributed by atoms with Crippen LogP contribution < -0.4 is 14.8 Å². The fourth-order valence-electron chi connectivity index (χ4n) is 2.36. The molecule has 116 valence electrons. The summed E-state index contributed by atoms with van der Waals surface area (Å²) in [4.78, 5) is 8.64. The van der Waals surface area contributed by atoms with Gasteiger partial charge in [-0.1, -0.05) is 24.8 Å². The first kappa shape index (κ1) is 14.8. The summed E-state index contributed by atoms with van der Waals surface area (Å²) in [6, 6.07) is 11.6. The van der Waals surface area contributed by atoms with Crippen LogP contribution in [0.2, 0.25) is 0 Å². The molecule has 0 atom stereocenters. The molecule has 0 saturated heterocycles. The van der Waals surface area contributed by atoms with E-state index in [2.05, 4.69) is 21.9 Å². The predicted octanol–water partition coefficient (Wildman–Crippen LogP) is 4.03. The number of hydrogen-bond acceptors (Lipinski definition) is 5. The number of anilines is 2. The molecule has 0 radical (unpaired) electrons. The zero-order valence-corrected chi connectivity index (χ0v) is 13.0. The molecule has 1 heterocycles. The Labute approximate surface area is 134 Å². The monoisotopic (exact) mass is 307 g/mol. The molecule has 0 spiro atoms. The van der Waals surface area contributed by atoms with E-state index in [9.17, 15) is 0 Å². The van der Waals surface area contributed by atoms with Crippen molar-refractivity contribution in [1.82, 2.24) is 9.97 Å². The van der Waals surface area contributed by atoms with Crippen LogP contribution in [0.15, 0.2) is 49.3 Å². The van der Waals surface area contributed by atoms with Gasteiger partial charge < -0.3 is 14.8 Å². The SMILES string of the molecule is C=Cc1cccc(Nc2ncnc3cc(OC)c(OC)cc23)c1. The van der Waals surface area contributed by atoms with E-state index >= 15 is 0 Å². The third-order valence-corrected chi connectivity index (χ3v) is 3.53. The van der Waals surface area contributed by atoms with E-state index in [4.69, 9.17) is 9.47 Å². The maximum Gasteiger partial charge on any atom is 0.162 e. The van der Waals surface area contributed by atoms with Crippen LogP contribution in [0.1, 0.15) is 5.56 Å². The van der Waals surface area contributed by atoms with E-state index < -0.39 is 0 Å². The van der Waals surface area contributed by atoms with Gasteiger partial charge in [-0.25, -0.2) is 9.97 Å². The van der Waals surface area contributed by atoms with Crippen molar-refractivity contribution in [3.8, 4) is 11.5 Å². The lowest BCUT2D eigenvalue weighted by molar-refractivity contribution is 0.356. The van der Waals surface area contributed by atoms with Crippen molar-refractivity contribution < 1.29 is 9.47 Å². The summed E-state index contributed by atoms with van der Waals surface area (Å²) >= 11 is 0. The van der Waals surface area contributed by atoms with Gasteiger partial charge in [0, 0.05) is 17.1 Å². The van der Waals surface area contributed by atoms with Crippen LogP contribution in [0.4, 0.5) is 11.5 Å². The lowest BCUT2D eigenvalue weighted by Gasteiger charge is -2.12. The minimum atomic E-state index is 0.637. The second-order valence-electron chi connectivity index (χ2n) is 4.90. The van der Waals surface area contributed by atoms with Gasteiger partial charge in [-0.05, 0) is 23.8 Å². The standard InChI is InChI=1S/C18H17N3O2/c1-4-12-6-5-7-13(8-12)21-18-14-9-16(22-2)17(23-3)10-15(14)19-11-20-18/h4-11H,1H2,2-3H3,(H,19,20,21). The molecular weight excluding hydrogens is 290 g/mol. The van der Waals surface area contributed by atoms with Crippen LogP contribution in [0.3, 0.4) is 0 Å². The molecule has 0 unspecified atom stereocenters. The molecule has 5 heteroatoms. The third kappa shape index (κ3) is 2.94. The van der Waals surface area contributed by atoms with Gasteiger partial charge in [-0.15, -0.1) is 0 Å². The number of ether oxygens (including phenoxy) is 2. The van der Waals surface area contributed by atoms with Crippen molar-refractivity contribution in [2.45, 2.75) is 0 Å². The Balaban J connectivity index is 2.08. The smallest absolute Gasteiger partial charge is 0.162 e. The first-order valence-corrected chi connectivity index (χ1v) is 7.11. The topological polar surface area (TPSA) is 56.3 Å². The molecule has 1 aromatic heterocycles. The summed E-state index contributed by atoms with van der Waals surface area (Å²) in [6.45, 7) is 3.79. The molecule has 0 aliphatic carbocycles. The molecular formula is C18H17N3O2. The average Bonchev–Trinajstić information content (AvgIpc) is 2.61.